The number of likely N-dealkylation sites (tertiary alicyclic amines) is 1. The quantitative estimate of drug-likeness (QED) is 0.710. The number of fused-ring (bicyclic) bond motifs is 2. The van der Waals surface area contributed by atoms with Crippen LogP contribution in [0, 0.1) is 5.92 Å². The van der Waals surface area contributed by atoms with E-state index in [2.05, 4.69) is 12.3 Å². The summed E-state index contributed by atoms with van der Waals surface area (Å²) in [6, 6.07) is 5.37. The first-order valence-electron chi connectivity index (χ1n) is 10.8. The first kappa shape index (κ1) is 19.6. The van der Waals surface area contributed by atoms with E-state index in [0.717, 1.165) is 24.8 Å². The van der Waals surface area contributed by atoms with Crippen LogP contribution < -0.4 is 9.47 Å². The minimum atomic E-state index is -0.517. The van der Waals surface area contributed by atoms with E-state index in [1.165, 1.54) is 10.4 Å². The summed E-state index contributed by atoms with van der Waals surface area (Å²) in [6.45, 7) is 3.52. The highest BCUT2D eigenvalue weighted by atomic mass is 32.1. The van der Waals surface area contributed by atoms with Crippen LogP contribution in [0.2, 0.25) is 0 Å². The maximum absolute atomic E-state index is 13.2. The van der Waals surface area contributed by atoms with Gasteiger partial charge in [0.05, 0.1) is 24.7 Å². The molecule has 1 aromatic heterocycles. The highest BCUT2D eigenvalue weighted by molar-refractivity contribution is 7.10. The van der Waals surface area contributed by atoms with Crippen LogP contribution in [0.25, 0.3) is 0 Å². The number of ketones is 1. The number of Topliss-reactive ketones (excluding diaryl/α,β-unsaturated/α-hetero) is 1. The molecule has 3 heterocycles. The van der Waals surface area contributed by atoms with Crippen LogP contribution in [0.4, 0.5) is 0 Å². The van der Waals surface area contributed by atoms with Crippen molar-refractivity contribution in [3.05, 3.63) is 45.1 Å². The summed E-state index contributed by atoms with van der Waals surface area (Å²) in [5.41, 5.74) is 2.28. The second-order valence-corrected chi connectivity index (χ2v) is 9.90. The Hall–Kier alpha value is -2.34. The van der Waals surface area contributed by atoms with Crippen molar-refractivity contribution >= 4 is 23.0 Å². The lowest BCUT2D eigenvalue weighted by atomic mass is 9.82. The molecule has 3 aliphatic rings. The molecular formula is C24H27NO4S. The smallest absolute Gasteiger partial charge is 0.254 e. The molecule has 0 radical (unpaired) electrons. The molecular weight excluding hydrogens is 398 g/mol. The largest absolute Gasteiger partial charge is 0.497 e. The normalized spacial score (nSPS) is 22.3. The summed E-state index contributed by atoms with van der Waals surface area (Å²) >= 11 is 1.74. The number of hydrogen-bond acceptors (Lipinski definition) is 5. The molecule has 1 aromatic carbocycles. The molecule has 2 aliphatic heterocycles. The summed E-state index contributed by atoms with van der Waals surface area (Å²) in [4.78, 5) is 29.3. The van der Waals surface area contributed by atoms with Crippen molar-refractivity contribution in [3.8, 4) is 11.5 Å². The van der Waals surface area contributed by atoms with Gasteiger partial charge in [-0.15, -0.1) is 11.3 Å². The summed E-state index contributed by atoms with van der Waals surface area (Å²) in [5.74, 6) is 2.24. The van der Waals surface area contributed by atoms with Crippen molar-refractivity contribution < 1.29 is 19.1 Å². The maximum Gasteiger partial charge on any atom is 0.254 e. The number of carbonyl (C=O) groups excluding carboxylic acids is 2. The molecule has 2 aromatic rings. The lowest BCUT2D eigenvalue weighted by Gasteiger charge is -2.44. The van der Waals surface area contributed by atoms with Gasteiger partial charge < -0.3 is 14.4 Å². The zero-order chi connectivity index (χ0) is 20.9. The molecule has 0 saturated carbocycles. The van der Waals surface area contributed by atoms with Gasteiger partial charge in [0.25, 0.3) is 5.91 Å². The third kappa shape index (κ3) is 3.31. The topological polar surface area (TPSA) is 55.8 Å². The SMILES string of the molecule is COc1ccc2c(c1)OC1(CCN(C(=O)c3csc4c3CC[C@@H](C)C4)CC1)CC2=O. The molecule has 1 saturated heterocycles. The van der Waals surface area contributed by atoms with Crippen LogP contribution in [0.1, 0.15) is 63.8 Å². The fourth-order valence-corrected chi connectivity index (χ4v) is 6.26. The van der Waals surface area contributed by atoms with E-state index in [9.17, 15) is 9.59 Å². The van der Waals surface area contributed by atoms with E-state index in [1.807, 2.05) is 4.90 Å². The van der Waals surface area contributed by atoms with E-state index < -0.39 is 5.60 Å². The lowest BCUT2D eigenvalue weighted by Crippen LogP contribution is -2.52. The third-order valence-corrected chi connectivity index (χ3v) is 7.94. The fraction of sp³-hybridized carbons (Fsp3) is 0.500. The van der Waals surface area contributed by atoms with Gasteiger partial charge in [-0.2, -0.15) is 0 Å². The standard InChI is InChI=1S/C24H27NO4S/c1-15-3-5-17-19(14-30-22(17)11-15)23(27)25-9-7-24(8-10-25)13-20(26)18-6-4-16(28-2)12-21(18)29-24/h4,6,12,14-15H,3,5,7-11,13H2,1-2H3/t15-/m1/s1. The zero-order valence-corrected chi connectivity index (χ0v) is 18.3. The molecule has 0 unspecified atom stereocenters. The Balaban J connectivity index is 1.31. The first-order chi connectivity index (χ1) is 14.5. The van der Waals surface area contributed by atoms with E-state index in [-0.39, 0.29) is 11.7 Å². The molecule has 6 heteroatoms. The molecule has 1 amide bonds. The Labute approximate surface area is 181 Å². The van der Waals surface area contributed by atoms with Crippen molar-refractivity contribution in [3.63, 3.8) is 0 Å². The molecule has 1 spiro atoms. The molecule has 1 fully saturated rings. The Kier molecular flexibility index (Phi) is 4.85. The number of rotatable bonds is 2. The van der Waals surface area contributed by atoms with E-state index in [0.29, 0.717) is 55.3 Å². The summed E-state index contributed by atoms with van der Waals surface area (Å²) < 4.78 is 11.6. The average Bonchev–Trinajstić information content (AvgIpc) is 3.16. The van der Waals surface area contributed by atoms with Gasteiger partial charge in [-0.3, -0.25) is 9.59 Å². The molecule has 158 valence electrons. The predicted octanol–water partition coefficient (Wildman–Crippen LogP) is 4.52. The number of piperidine rings is 1. The number of nitrogens with zero attached hydrogens (tertiary/aromatic N) is 1. The highest BCUT2D eigenvalue weighted by Crippen LogP contribution is 2.41. The third-order valence-electron chi connectivity index (χ3n) is 6.89. The molecule has 5 rings (SSSR count). The second kappa shape index (κ2) is 7.41. The zero-order valence-electron chi connectivity index (χ0n) is 17.5. The number of hydrogen-bond donors (Lipinski definition) is 0. The molecule has 0 bridgehead atoms. The number of methoxy groups -OCH3 is 1. The highest BCUT2D eigenvalue weighted by Gasteiger charge is 2.44. The molecule has 1 aliphatic carbocycles. The van der Waals surface area contributed by atoms with Gasteiger partial charge in [-0.05, 0) is 42.9 Å². The Bertz CT molecular complexity index is 1000. The number of benzene rings is 1. The number of carbonyl (C=O) groups is 2. The maximum atomic E-state index is 13.2. The Morgan fingerprint density at radius 2 is 2.10 bits per heavy atom. The Morgan fingerprint density at radius 1 is 1.30 bits per heavy atom. The minimum Gasteiger partial charge on any atom is -0.497 e. The number of ether oxygens (including phenoxy) is 2. The summed E-state index contributed by atoms with van der Waals surface area (Å²) in [7, 11) is 1.61. The first-order valence-corrected chi connectivity index (χ1v) is 11.6. The summed E-state index contributed by atoms with van der Waals surface area (Å²) in [6.07, 6.45) is 4.98. The van der Waals surface area contributed by atoms with Crippen LogP contribution in [0.5, 0.6) is 11.5 Å². The second-order valence-electron chi connectivity index (χ2n) is 8.94. The van der Waals surface area contributed by atoms with Crippen LogP contribution in [0.3, 0.4) is 0 Å². The van der Waals surface area contributed by atoms with Crippen LogP contribution in [0.15, 0.2) is 23.6 Å². The van der Waals surface area contributed by atoms with Crippen molar-refractivity contribution in [1.29, 1.82) is 0 Å². The van der Waals surface area contributed by atoms with Crippen LogP contribution >= 0.6 is 11.3 Å². The number of thiophene rings is 1. The minimum absolute atomic E-state index is 0.111. The molecule has 1 atom stereocenters. The van der Waals surface area contributed by atoms with Crippen LogP contribution in [-0.4, -0.2) is 42.4 Å². The van der Waals surface area contributed by atoms with Crippen LogP contribution in [-0.2, 0) is 12.8 Å². The monoisotopic (exact) mass is 425 g/mol. The van der Waals surface area contributed by atoms with E-state index in [1.54, 1.807) is 36.6 Å². The van der Waals surface area contributed by atoms with Gasteiger partial charge >= 0.3 is 0 Å². The summed E-state index contributed by atoms with van der Waals surface area (Å²) in [5, 5.41) is 2.05. The van der Waals surface area contributed by atoms with Crippen molar-refractivity contribution in [2.45, 2.75) is 51.0 Å². The molecule has 30 heavy (non-hydrogen) atoms. The van der Waals surface area contributed by atoms with Gasteiger partial charge in [-0.1, -0.05) is 6.92 Å². The number of amides is 1. The van der Waals surface area contributed by atoms with Gasteiger partial charge in [0.15, 0.2) is 5.78 Å². The van der Waals surface area contributed by atoms with E-state index >= 15 is 0 Å². The average molecular weight is 426 g/mol. The molecule has 0 N–H and O–H groups in total. The van der Waals surface area contributed by atoms with Crippen molar-refractivity contribution in [2.24, 2.45) is 5.92 Å². The Morgan fingerprint density at radius 3 is 2.87 bits per heavy atom. The van der Waals surface area contributed by atoms with Gasteiger partial charge in [0.1, 0.15) is 17.1 Å². The van der Waals surface area contributed by atoms with Crippen molar-refractivity contribution in [2.75, 3.05) is 20.2 Å². The van der Waals surface area contributed by atoms with E-state index in [4.69, 9.17) is 9.47 Å². The van der Waals surface area contributed by atoms with Gasteiger partial charge in [-0.25, -0.2) is 0 Å². The van der Waals surface area contributed by atoms with Gasteiger partial charge in [0, 0.05) is 42.3 Å². The molecule has 5 nitrogen and oxygen atoms in total. The predicted molar refractivity (Wildman–Crippen MR) is 116 cm³/mol. The van der Waals surface area contributed by atoms with Crippen molar-refractivity contribution in [1.82, 2.24) is 4.90 Å². The fourth-order valence-electron chi connectivity index (χ4n) is 5.02. The lowest BCUT2D eigenvalue weighted by molar-refractivity contribution is -0.00582. The van der Waals surface area contributed by atoms with Gasteiger partial charge in [0.2, 0.25) is 0 Å².